The van der Waals surface area contributed by atoms with Gasteiger partial charge in [-0.1, -0.05) is 30.1 Å². The zero-order chi connectivity index (χ0) is 16.6. The minimum absolute atomic E-state index is 0.0263. The molecular formula is C17H20Cl2N2O2. The number of nitrogens with zero attached hydrogens (tertiary/aromatic N) is 1. The van der Waals surface area contributed by atoms with Crippen LogP contribution in [0.3, 0.4) is 0 Å². The molecule has 2 aliphatic rings. The quantitative estimate of drug-likeness (QED) is 0.834. The summed E-state index contributed by atoms with van der Waals surface area (Å²) in [5.41, 5.74) is -0.320. The van der Waals surface area contributed by atoms with Crippen LogP contribution in [-0.2, 0) is 9.59 Å². The van der Waals surface area contributed by atoms with E-state index in [4.69, 9.17) is 23.2 Å². The molecule has 0 radical (unpaired) electrons. The number of rotatable bonds is 3. The molecule has 4 nitrogen and oxygen atoms in total. The van der Waals surface area contributed by atoms with Gasteiger partial charge in [-0.05, 0) is 49.8 Å². The predicted octanol–water partition coefficient (Wildman–Crippen LogP) is 3.97. The summed E-state index contributed by atoms with van der Waals surface area (Å²) in [6.45, 7) is 3.65. The Hall–Kier alpha value is -1.26. The minimum atomic E-state index is -0.886. The van der Waals surface area contributed by atoms with E-state index in [2.05, 4.69) is 12.2 Å². The number of benzene rings is 1. The third kappa shape index (κ3) is 3.33. The molecule has 6 heteroatoms. The topological polar surface area (TPSA) is 49.4 Å². The molecule has 1 aliphatic carbocycles. The van der Waals surface area contributed by atoms with Crippen molar-refractivity contribution in [1.29, 1.82) is 0 Å². The van der Waals surface area contributed by atoms with Gasteiger partial charge in [-0.25, -0.2) is 0 Å². The van der Waals surface area contributed by atoms with Crippen LogP contribution >= 0.6 is 23.2 Å². The maximum atomic E-state index is 12.8. The Morgan fingerprint density at radius 1 is 1.26 bits per heavy atom. The van der Waals surface area contributed by atoms with Gasteiger partial charge in [-0.2, -0.15) is 0 Å². The van der Waals surface area contributed by atoms with Gasteiger partial charge in [-0.3, -0.25) is 9.59 Å². The van der Waals surface area contributed by atoms with Gasteiger partial charge in [0.05, 0.1) is 10.0 Å². The fourth-order valence-corrected chi connectivity index (χ4v) is 3.46. The molecule has 1 heterocycles. The van der Waals surface area contributed by atoms with E-state index in [0.717, 1.165) is 25.9 Å². The molecule has 1 saturated heterocycles. The number of carbonyl (C=O) groups is 2. The Kier molecular flexibility index (Phi) is 4.56. The molecule has 23 heavy (non-hydrogen) atoms. The first kappa shape index (κ1) is 16.6. The molecule has 1 saturated carbocycles. The van der Waals surface area contributed by atoms with E-state index < -0.39 is 5.41 Å². The monoisotopic (exact) mass is 354 g/mol. The second kappa shape index (κ2) is 6.33. The van der Waals surface area contributed by atoms with Crippen molar-refractivity contribution in [1.82, 2.24) is 4.90 Å². The maximum Gasteiger partial charge on any atom is 0.240 e. The Morgan fingerprint density at radius 3 is 2.61 bits per heavy atom. The van der Waals surface area contributed by atoms with Gasteiger partial charge in [0.2, 0.25) is 11.8 Å². The number of hydrogen-bond donors (Lipinski definition) is 1. The van der Waals surface area contributed by atoms with Gasteiger partial charge in [0.25, 0.3) is 0 Å². The maximum absolute atomic E-state index is 12.8. The molecule has 2 amide bonds. The highest BCUT2D eigenvalue weighted by Crippen LogP contribution is 2.48. The van der Waals surface area contributed by atoms with Crippen LogP contribution in [0.15, 0.2) is 18.2 Å². The van der Waals surface area contributed by atoms with Crippen molar-refractivity contribution in [2.45, 2.75) is 32.6 Å². The smallest absolute Gasteiger partial charge is 0.240 e. The van der Waals surface area contributed by atoms with E-state index in [9.17, 15) is 9.59 Å². The molecular weight excluding hydrogens is 335 g/mol. The molecule has 2 fully saturated rings. The van der Waals surface area contributed by atoms with Crippen molar-refractivity contribution in [2.75, 3.05) is 18.4 Å². The summed E-state index contributed by atoms with van der Waals surface area (Å²) in [6.07, 6.45) is 3.39. The lowest BCUT2D eigenvalue weighted by atomic mass is 9.96. The number of hydrogen-bond acceptors (Lipinski definition) is 2. The Labute approximate surface area is 146 Å². The van der Waals surface area contributed by atoms with Crippen molar-refractivity contribution in [2.24, 2.45) is 11.3 Å². The van der Waals surface area contributed by atoms with Gasteiger partial charge < -0.3 is 10.2 Å². The lowest BCUT2D eigenvalue weighted by molar-refractivity contribution is -0.143. The minimum Gasteiger partial charge on any atom is -0.342 e. The molecule has 1 unspecified atom stereocenters. The molecule has 1 atom stereocenters. The van der Waals surface area contributed by atoms with Crippen molar-refractivity contribution in [3.8, 4) is 0 Å². The van der Waals surface area contributed by atoms with E-state index >= 15 is 0 Å². The van der Waals surface area contributed by atoms with Crippen molar-refractivity contribution in [3.05, 3.63) is 28.2 Å². The second-order valence-corrected chi connectivity index (χ2v) is 7.48. The van der Waals surface area contributed by atoms with Crippen LogP contribution in [0.2, 0.25) is 10.0 Å². The first-order chi connectivity index (χ1) is 10.9. The summed E-state index contributed by atoms with van der Waals surface area (Å²) in [5, 5.41) is 3.63. The van der Waals surface area contributed by atoms with Gasteiger partial charge in [0.1, 0.15) is 5.41 Å². The van der Waals surface area contributed by atoms with E-state index in [1.54, 1.807) is 18.2 Å². The highest BCUT2D eigenvalue weighted by Gasteiger charge is 2.58. The lowest BCUT2D eigenvalue weighted by Gasteiger charge is -2.33. The molecule has 1 N–H and O–H groups in total. The number of amides is 2. The van der Waals surface area contributed by atoms with Gasteiger partial charge in [-0.15, -0.1) is 0 Å². The highest BCUT2D eigenvalue weighted by atomic mass is 35.5. The number of piperidine rings is 1. The van der Waals surface area contributed by atoms with Crippen LogP contribution in [-0.4, -0.2) is 29.8 Å². The number of halogens is 2. The molecule has 3 rings (SSSR count). The SMILES string of the molecule is CC1CCCN(C(=O)C2(C(=O)Nc3ccc(Cl)c(Cl)c3)CC2)C1. The number of nitrogens with one attached hydrogen (secondary N) is 1. The fraction of sp³-hybridized carbons (Fsp3) is 0.529. The normalized spacial score (nSPS) is 22.6. The summed E-state index contributed by atoms with van der Waals surface area (Å²) in [7, 11) is 0. The fourth-order valence-electron chi connectivity index (χ4n) is 3.16. The molecule has 124 valence electrons. The molecule has 1 aromatic carbocycles. The Balaban J connectivity index is 1.70. The van der Waals surface area contributed by atoms with Gasteiger partial charge in [0.15, 0.2) is 0 Å². The van der Waals surface area contributed by atoms with E-state index in [-0.39, 0.29) is 11.8 Å². The summed E-state index contributed by atoms with van der Waals surface area (Å²) < 4.78 is 0. The van der Waals surface area contributed by atoms with Crippen molar-refractivity contribution in [3.63, 3.8) is 0 Å². The third-order valence-electron chi connectivity index (χ3n) is 4.72. The second-order valence-electron chi connectivity index (χ2n) is 6.66. The zero-order valence-electron chi connectivity index (χ0n) is 13.1. The summed E-state index contributed by atoms with van der Waals surface area (Å²) >= 11 is 11.8. The largest absolute Gasteiger partial charge is 0.342 e. The van der Waals surface area contributed by atoms with Crippen LogP contribution in [0.4, 0.5) is 5.69 Å². The average molecular weight is 355 g/mol. The van der Waals surface area contributed by atoms with Crippen molar-refractivity contribution >= 4 is 40.7 Å². The van der Waals surface area contributed by atoms with E-state index in [1.165, 1.54) is 0 Å². The Morgan fingerprint density at radius 2 is 2.00 bits per heavy atom. The molecule has 0 aromatic heterocycles. The Bertz CT molecular complexity index is 643. The lowest BCUT2D eigenvalue weighted by Crippen LogP contribution is -2.46. The highest BCUT2D eigenvalue weighted by molar-refractivity contribution is 6.42. The third-order valence-corrected chi connectivity index (χ3v) is 5.45. The summed E-state index contributed by atoms with van der Waals surface area (Å²) in [4.78, 5) is 27.3. The van der Waals surface area contributed by atoms with Gasteiger partial charge in [0, 0.05) is 18.8 Å². The van der Waals surface area contributed by atoms with Gasteiger partial charge >= 0.3 is 0 Å². The molecule has 1 aromatic rings. The first-order valence-corrected chi connectivity index (χ1v) is 8.74. The zero-order valence-corrected chi connectivity index (χ0v) is 14.6. The van der Waals surface area contributed by atoms with Crippen LogP contribution in [0.5, 0.6) is 0 Å². The van der Waals surface area contributed by atoms with Crippen LogP contribution < -0.4 is 5.32 Å². The molecule has 1 aliphatic heterocycles. The predicted molar refractivity (Wildman–Crippen MR) is 91.7 cm³/mol. The van der Waals surface area contributed by atoms with E-state index in [0.29, 0.717) is 34.5 Å². The standard InChI is InChI=1S/C17H20Cl2N2O2/c1-11-3-2-8-21(10-11)16(23)17(6-7-17)15(22)20-12-4-5-13(18)14(19)9-12/h4-5,9,11H,2-3,6-8,10H2,1H3,(H,20,22). The van der Waals surface area contributed by atoms with Crippen LogP contribution in [0.1, 0.15) is 32.6 Å². The molecule has 0 spiro atoms. The van der Waals surface area contributed by atoms with Crippen LogP contribution in [0, 0.1) is 11.3 Å². The number of likely N-dealkylation sites (tertiary alicyclic amines) is 1. The first-order valence-electron chi connectivity index (χ1n) is 7.98. The van der Waals surface area contributed by atoms with Crippen molar-refractivity contribution < 1.29 is 9.59 Å². The van der Waals surface area contributed by atoms with Crippen LogP contribution in [0.25, 0.3) is 0 Å². The molecule has 0 bridgehead atoms. The average Bonchev–Trinajstić information content (AvgIpc) is 3.32. The van der Waals surface area contributed by atoms with E-state index in [1.807, 2.05) is 4.90 Å². The number of carbonyl (C=O) groups excluding carboxylic acids is 2. The summed E-state index contributed by atoms with van der Waals surface area (Å²) in [6, 6.07) is 4.92. The summed E-state index contributed by atoms with van der Waals surface area (Å²) in [5.74, 6) is 0.238. The number of anilines is 1.